The molecule has 0 aliphatic heterocycles. The molecule has 0 spiro atoms. The molecule has 0 unspecified atom stereocenters. The first-order valence-electron chi connectivity index (χ1n) is 7.46. The monoisotopic (exact) mass is 341 g/mol. The smallest absolute Gasteiger partial charge is 0.348 e. The Kier molecular flexibility index (Phi) is 4.16. The summed E-state index contributed by atoms with van der Waals surface area (Å²) in [5, 5.41) is 11.1. The van der Waals surface area contributed by atoms with Crippen molar-refractivity contribution in [3.05, 3.63) is 68.7 Å². The minimum Gasteiger partial charge on any atom is -0.507 e. The summed E-state index contributed by atoms with van der Waals surface area (Å²) in [5.41, 5.74) is 2.67. The Morgan fingerprint density at radius 2 is 1.79 bits per heavy atom. The SMILES string of the molecule is Cc1ccc(Cl)c(-c2c(O)c(C)c(-c3ccccn3)oc2=O)c1C. The Balaban J connectivity index is 2.33. The second-order valence-electron chi connectivity index (χ2n) is 5.65. The third-order valence-electron chi connectivity index (χ3n) is 4.16. The molecule has 0 fully saturated rings. The van der Waals surface area contributed by atoms with Crippen molar-refractivity contribution in [2.45, 2.75) is 20.8 Å². The Bertz CT molecular complexity index is 978. The predicted molar refractivity (Wildman–Crippen MR) is 94.5 cm³/mol. The van der Waals surface area contributed by atoms with Crippen LogP contribution in [0.3, 0.4) is 0 Å². The van der Waals surface area contributed by atoms with Crippen LogP contribution in [-0.2, 0) is 0 Å². The summed E-state index contributed by atoms with van der Waals surface area (Å²) < 4.78 is 5.47. The molecule has 0 bridgehead atoms. The van der Waals surface area contributed by atoms with E-state index in [4.69, 9.17) is 16.0 Å². The zero-order valence-corrected chi connectivity index (χ0v) is 14.3. The van der Waals surface area contributed by atoms with Crippen molar-refractivity contribution in [2.24, 2.45) is 0 Å². The van der Waals surface area contributed by atoms with E-state index in [1.54, 1.807) is 37.4 Å². The van der Waals surface area contributed by atoms with Crippen molar-refractivity contribution in [2.75, 3.05) is 0 Å². The molecule has 3 rings (SSSR count). The highest BCUT2D eigenvalue weighted by Crippen LogP contribution is 2.39. The molecular formula is C19H16ClNO3. The van der Waals surface area contributed by atoms with Gasteiger partial charge in [-0.1, -0.05) is 23.7 Å². The molecule has 0 radical (unpaired) electrons. The van der Waals surface area contributed by atoms with Crippen LogP contribution < -0.4 is 5.63 Å². The largest absolute Gasteiger partial charge is 0.507 e. The molecule has 4 nitrogen and oxygen atoms in total. The number of rotatable bonds is 2. The highest BCUT2D eigenvalue weighted by atomic mass is 35.5. The number of hydrogen-bond acceptors (Lipinski definition) is 4. The summed E-state index contributed by atoms with van der Waals surface area (Å²) >= 11 is 6.29. The van der Waals surface area contributed by atoms with Crippen molar-refractivity contribution >= 4 is 11.6 Å². The Morgan fingerprint density at radius 1 is 1.04 bits per heavy atom. The second-order valence-corrected chi connectivity index (χ2v) is 6.05. The first-order chi connectivity index (χ1) is 11.4. The van der Waals surface area contributed by atoms with Gasteiger partial charge in [-0.25, -0.2) is 4.79 Å². The van der Waals surface area contributed by atoms with Gasteiger partial charge in [0.05, 0.1) is 0 Å². The van der Waals surface area contributed by atoms with Crippen LogP contribution in [0.5, 0.6) is 5.75 Å². The van der Waals surface area contributed by atoms with Gasteiger partial charge >= 0.3 is 5.63 Å². The molecule has 2 heterocycles. The van der Waals surface area contributed by atoms with Crippen LogP contribution in [0.25, 0.3) is 22.6 Å². The number of aromatic nitrogens is 1. The van der Waals surface area contributed by atoms with E-state index < -0.39 is 5.63 Å². The van der Waals surface area contributed by atoms with Gasteiger partial charge in [-0.15, -0.1) is 0 Å². The van der Waals surface area contributed by atoms with Crippen LogP contribution in [0.2, 0.25) is 5.02 Å². The van der Waals surface area contributed by atoms with Crippen molar-refractivity contribution in [1.82, 2.24) is 4.98 Å². The molecule has 0 aliphatic carbocycles. The van der Waals surface area contributed by atoms with E-state index in [1.165, 1.54) is 0 Å². The fourth-order valence-corrected chi connectivity index (χ4v) is 2.96. The van der Waals surface area contributed by atoms with Crippen molar-refractivity contribution < 1.29 is 9.52 Å². The van der Waals surface area contributed by atoms with Crippen LogP contribution in [0, 0.1) is 20.8 Å². The molecule has 0 saturated carbocycles. The van der Waals surface area contributed by atoms with E-state index in [1.807, 2.05) is 19.9 Å². The van der Waals surface area contributed by atoms with Crippen molar-refractivity contribution in [3.63, 3.8) is 0 Å². The highest BCUT2D eigenvalue weighted by molar-refractivity contribution is 6.33. The maximum Gasteiger partial charge on any atom is 0.348 e. The topological polar surface area (TPSA) is 63.3 Å². The fourth-order valence-electron chi connectivity index (χ4n) is 2.66. The summed E-state index contributed by atoms with van der Waals surface area (Å²) in [6, 6.07) is 8.85. The zero-order valence-electron chi connectivity index (χ0n) is 13.6. The standard InChI is InChI=1S/C19H16ClNO3/c1-10-7-8-13(20)15(11(10)2)16-17(22)12(3)18(24-19(16)23)14-6-4-5-9-21-14/h4-9,22H,1-3H3. The minimum absolute atomic E-state index is 0.0818. The molecule has 1 N–H and O–H groups in total. The molecule has 0 atom stereocenters. The summed E-state index contributed by atoms with van der Waals surface area (Å²) in [6.45, 7) is 5.46. The lowest BCUT2D eigenvalue weighted by Crippen LogP contribution is -2.08. The van der Waals surface area contributed by atoms with Gasteiger partial charge in [-0.05, 0) is 50.1 Å². The lowest BCUT2D eigenvalue weighted by Gasteiger charge is -2.14. The summed E-state index contributed by atoms with van der Waals surface area (Å²) in [6.07, 6.45) is 1.60. The van der Waals surface area contributed by atoms with Gasteiger partial charge in [-0.2, -0.15) is 0 Å². The van der Waals surface area contributed by atoms with Crippen LogP contribution in [0.15, 0.2) is 45.7 Å². The second kappa shape index (κ2) is 6.13. The lowest BCUT2D eigenvalue weighted by molar-refractivity contribution is 0.449. The molecule has 2 aromatic heterocycles. The first-order valence-corrected chi connectivity index (χ1v) is 7.83. The quantitative estimate of drug-likeness (QED) is 0.736. The van der Waals surface area contributed by atoms with Crippen molar-refractivity contribution in [1.29, 1.82) is 0 Å². The molecule has 3 aromatic rings. The molecule has 24 heavy (non-hydrogen) atoms. The number of pyridine rings is 1. The summed E-state index contributed by atoms with van der Waals surface area (Å²) in [5.74, 6) is 0.116. The molecule has 0 amide bonds. The minimum atomic E-state index is -0.644. The van der Waals surface area contributed by atoms with Crippen molar-refractivity contribution in [3.8, 4) is 28.3 Å². The van der Waals surface area contributed by atoms with E-state index >= 15 is 0 Å². The van der Waals surface area contributed by atoms with Gasteiger partial charge in [-0.3, -0.25) is 4.98 Å². The van der Waals surface area contributed by atoms with E-state index in [0.717, 1.165) is 11.1 Å². The van der Waals surface area contributed by atoms with E-state index in [-0.39, 0.29) is 17.1 Å². The number of hydrogen-bond donors (Lipinski definition) is 1. The van der Waals surface area contributed by atoms with Gasteiger partial charge in [0.1, 0.15) is 17.0 Å². The Labute approximate surface area is 144 Å². The number of aromatic hydroxyl groups is 1. The van der Waals surface area contributed by atoms with Gasteiger partial charge in [0, 0.05) is 22.3 Å². The number of nitrogens with zero attached hydrogens (tertiary/aromatic N) is 1. The molecule has 5 heteroatoms. The highest BCUT2D eigenvalue weighted by Gasteiger charge is 2.23. The van der Waals surface area contributed by atoms with Crippen LogP contribution >= 0.6 is 11.6 Å². The van der Waals surface area contributed by atoms with Gasteiger partial charge in [0.2, 0.25) is 0 Å². The average Bonchev–Trinajstić information content (AvgIpc) is 2.58. The van der Waals surface area contributed by atoms with E-state index in [9.17, 15) is 9.90 Å². The van der Waals surface area contributed by atoms with Crippen LogP contribution in [0.1, 0.15) is 16.7 Å². The number of aryl methyl sites for hydroxylation is 1. The number of benzene rings is 1. The zero-order chi connectivity index (χ0) is 17.4. The summed E-state index contributed by atoms with van der Waals surface area (Å²) in [7, 11) is 0. The van der Waals surface area contributed by atoms with Crippen LogP contribution in [0.4, 0.5) is 0 Å². The van der Waals surface area contributed by atoms with E-state index in [0.29, 0.717) is 21.8 Å². The maximum absolute atomic E-state index is 12.6. The normalized spacial score (nSPS) is 10.8. The van der Waals surface area contributed by atoms with Crippen LogP contribution in [-0.4, -0.2) is 10.1 Å². The predicted octanol–water partition coefficient (Wildman–Crippen LogP) is 4.65. The fraction of sp³-hybridized carbons (Fsp3) is 0.158. The Hall–Kier alpha value is -2.59. The first kappa shape index (κ1) is 16.3. The van der Waals surface area contributed by atoms with E-state index in [2.05, 4.69) is 4.98 Å². The molecule has 0 saturated heterocycles. The molecule has 0 aliphatic rings. The Morgan fingerprint density at radius 3 is 2.46 bits per heavy atom. The summed E-state index contributed by atoms with van der Waals surface area (Å²) in [4.78, 5) is 16.8. The molecule has 1 aromatic carbocycles. The third-order valence-corrected chi connectivity index (χ3v) is 4.48. The van der Waals surface area contributed by atoms with Gasteiger partial charge in [0.15, 0.2) is 5.76 Å². The maximum atomic E-state index is 12.6. The van der Waals surface area contributed by atoms with Gasteiger partial charge < -0.3 is 9.52 Å². The molecular weight excluding hydrogens is 326 g/mol. The van der Waals surface area contributed by atoms with Gasteiger partial charge in [0.25, 0.3) is 0 Å². The average molecular weight is 342 g/mol. The number of halogens is 1. The molecule has 122 valence electrons. The third kappa shape index (κ3) is 2.59. The lowest BCUT2D eigenvalue weighted by atomic mass is 9.96.